The molecule has 5 nitrogen and oxygen atoms in total. The number of benzene rings is 2. The predicted molar refractivity (Wildman–Crippen MR) is 113 cm³/mol. The van der Waals surface area contributed by atoms with Crippen molar-refractivity contribution in [2.75, 3.05) is 51.7 Å². The number of ether oxygens (including phenoxy) is 1. The van der Waals surface area contributed by atoms with E-state index in [1.54, 1.807) is 12.0 Å². The Morgan fingerprint density at radius 2 is 1.68 bits per heavy atom. The molecule has 0 atom stereocenters. The maximum absolute atomic E-state index is 12.2. The van der Waals surface area contributed by atoms with Gasteiger partial charge in [-0.05, 0) is 35.9 Å². The highest BCUT2D eigenvalue weighted by molar-refractivity contribution is 5.90. The Morgan fingerprint density at radius 3 is 2.36 bits per heavy atom. The van der Waals surface area contributed by atoms with E-state index in [-0.39, 0.29) is 5.91 Å². The van der Waals surface area contributed by atoms with Crippen LogP contribution in [0.15, 0.2) is 60.7 Å². The van der Waals surface area contributed by atoms with Crippen LogP contribution in [0, 0.1) is 0 Å². The Kier molecular flexibility index (Phi) is 7.64. The fraction of sp³-hybridized carbons (Fsp3) is 0.348. The summed E-state index contributed by atoms with van der Waals surface area (Å²) in [5, 5.41) is 2.96. The third-order valence-electron chi connectivity index (χ3n) is 5.26. The van der Waals surface area contributed by atoms with E-state index >= 15 is 0 Å². The van der Waals surface area contributed by atoms with Gasteiger partial charge >= 0.3 is 0 Å². The first-order valence-corrected chi connectivity index (χ1v) is 10.1. The third kappa shape index (κ3) is 6.51. The zero-order valence-electron chi connectivity index (χ0n) is 16.6. The minimum absolute atomic E-state index is 0.0817. The van der Waals surface area contributed by atoms with Crippen LogP contribution in [0.4, 0.5) is 5.69 Å². The standard InChI is InChI=1S/C23H29N3O2/c1-28-22-11-9-21(10-12-22)24-23(27)13-15-26-18-16-25(17-19-26)14-5-8-20-6-3-2-4-7-20/h2-12H,13-19H2,1H3,(H,24,27)/p+2/b8-5+. The van der Waals surface area contributed by atoms with Gasteiger partial charge in [0.2, 0.25) is 5.91 Å². The van der Waals surface area contributed by atoms with Gasteiger partial charge in [-0.25, -0.2) is 0 Å². The number of piperazine rings is 1. The van der Waals surface area contributed by atoms with Gasteiger partial charge < -0.3 is 19.9 Å². The molecule has 3 N–H and O–H groups in total. The second-order valence-electron chi connectivity index (χ2n) is 7.29. The van der Waals surface area contributed by atoms with Gasteiger partial charge in [-0.2, -0.15) is 0 Å². The molecule has 148 valence electrons. The monoisotopic (exact) mass is 381 g/mol. The first kappa shape index (κ1) is 20.1. The zero-order valence-corrected chi connectivity index (χ0v) is 16.6. The number of amides is 1. The van der Waals surface area contributed by atoms with Gasteiger partial charge in [-0.1, -0.05) is 36.4 Å². The van der Waals surface area contributed by atoms with E-state index in [1.165, 1.54) is 10.5 Å². The largest absolute Gasteiger partial charge is 0.497 e. The molecule has 0 aromatic heterocycles. The Hall–Kier alpha value is -2.63. The molecule has 1 aliphatic heterocycles. The molecule has 0 aliphatic carbocycles. The quantitative estimate of drug-likeness (QED) is 0.624. The maximum atomic E-state index is 12.2. The summed E-state index contributed by atoms with van der Waals surface area (Å²) in [6.45, 7) is 6.55. The number of quaternary nitrogens is 2. The number of carbonyl (C=O) groups excluding carboxylic acids is 1. The van der Waals surface area contributed by atoms with E-state index in [0.717, 1.165) is 50.7 Å². The topological polar surface area (TPSA) is 47.2 Å². The lowest BCUT2D eigenvalue weighted by Crippen LogP contribution is -3.28. The number of anilines is 1. The van der Waals surface area contributed by atoms with Crippen molar-refractivity contribution in [3.63, 3.8) is 0 Å². The van der Waals surface area contributed by atoms with Crippen LogP contribution in [-0.4, -0.2) is 52.3 Å². The van der Waals surface area contributed by atoms with E-state index in [1.807, 2.05) is 30.3 Å². The molecule has 1 fully saturated rings. The smallest absolute Gasteiger partial charge is 0.230 e. The summed E-state index contributed by atoms with van der Waals surface area (Å²) in [5.41, 5.74) is 2.08. The average molecular weight is 382 g/mol. The normalized spacial score (nSPS) is 19.5. The second-order valence-corrected chi connectivity index (χ2v) is 7.29. The highest BCUT2D eigenvalue weighted by Gasteiger charge is 2.22. The molecule has 0 bridgehead atoms. The lowest BCUT2D eigenvalue weighted by Gasteiger charge is -2.29. The van der Waals surface area contributed by atoms with Crippen LogP contribution in [-0.2, 0) is 4.79 Å². The lowest BCUT2D eigenvalue weighted by atomic mass is 10.2. The summed E-state index contributed by atoms with van der Waals surface area (Å²) in [7, 11) is 1.64. The van der Waals surface area contributed by atoms with Crippen LogP contribution in [0.3, 0.4) is 0 Å². The minimum atomic E-state index is 0.0817. The molecule has 0 saturated carbocycles. The van der Waals surface area contributed by atoms with Crippen molar-refractivity contribution in [2.45, 2.75) is 6.42 Å². The van der Waals surface area contributed by atoms with E-state index in [2.05, 4.69) is 41.7 Å². The molecule has 5 heteroatoms. The molecule has 3 rings (SSSR count). The summed E-state index contributed by atoms with van der Waals surface area (Å²) < 4.78 is 5.13. The van der Waals surface area contributed by atoms with Crippen molar-refractivity contribution < 1.29 is 19.3 Å². The molecule has 2 aromatic rings. The van der Waals surface area contributed by atoms with Crippen molar-refractivity contribution in [3.8, 4) is 5.75 Å². The van der Waals surface area contributed by atoms with Gasteiger partial charge in [0.1, 0.15) is 31.9 Å². The molecule has 0 radical (unpaired) electrons. The molecule has 1 aliphatic rings. The predicted octanol–water partition coefficient (Wildman–Crippen LogP) is 0.521. The van der Waals surface area contributed by atoms with Gasteiger partial charge in [0.05, 0.1) is 26.6 Å². The fourth-order valence-electron chi connectivity index (χ4n) is 3.53. The van der Waals surface area contributed by atoms with Crippen molar-refractivity contribution in [2.24, 2.45) is 0 Å². The summed E-state index contributed by atoms with van der Waals surface area (Å²) in [6.07, 6.45) is 5.04. The minimum Gasteiger partial charge on any atom is -0.497 e. The van der Waals surface area contributed by atoms with E-state index in [0.29, 0.717) is 6.42 Å². The highest BCUT2D eigenvalue weighted by atomic mass is 16.5. The number of methoxy groups -OCH3 is 1. The van der Waals surface area contributed by atoms with E-state index < -0.39 is 0 Å². The van der Waals surface area contributed by atoms with Crippen molar-refractivity contribution in [1.29, 1.82) is 0 Å². The number of rotatable bonds is 8. The molecule has 0 unspecified atom stereocenters. The van der Waals surface area contributed by atoms with Gasteiger partial charge in [0, 0.05) is 5.69 Å². The SMILES string of the molecule is COc1ccc(NC(=O)CC[NH+]2CC[NH+](C/C=C/c3ccccc3)CC2)cc1. The zero-order chi connectivity index (χ0) is 19.6. The number of hydrogen-bond donors (Lipinski definition) is 3. The Morgan fingerprint density at radius 1 is 1.00 bits per heavy atom. The third-order valence-corrected chi connectivity index (χ3v) is 5.26. The average Bonchev–Trinajstić information content (AvgIpc) is 2.74. The van der Waals surface area contributed by atoms with Crippen LogP contribution in [0.1, 0.15) is 12.0 Å². The van der Waals surface area contributed by atoms with Crippen LogP contribution in [0.25, 0.3) is 6.08 Å². The Balaban J connectivity index is 1.32. The molecular formula is C23H31N3O2+2. The molecule has 28 heavy (non-hydrogen) atoms. The second kappa shape index (κ2) is 10.6. The number of carbonyl (C=O) groups is 1. The molecule has 1 saturated heterocycles. The summed E-state index contributed by atoms with van der Waals surface area (Å²) >= 11 is 0. The van der Waals surface area contributed by atoms with Gasteiger partial charge in [-0.3, -0.25) is 4.79 Å². The first-order chi connectivity index (χ1) is 13.7. The number of nitrogens with one attached hydrogen (secondary N) is 3. The number of hydrogen-bond acceptors (Lipinski definition) is 2. The first-order valence-electron chi connectivity index (χ1n) is 10.1. The van der Waals surface area contributed by atoms with Crippen LogP contribution in [0.5, 0.6) is 5.75 Å². The maximum Gasteiger partial charge on any atom is 0.230 e. The fourth-order valence-corrected chi connectivity index (χ4v) is 3.53. The van der Waals surface area contributed by atoms with Crippen LogP contribution < -0.4 is 19.9 Å². The summed E-state index contributed by atoms with van der Waals surface area (Å²) in [6, 6.07) is 17.9. The van der Waals surface area contributed by atoms with Gasteiger partial charge in [0.25, 0.3) is 0 Å². The van der Waals surface area contributed by atoms with Gasteiger partial charge in [0.15, 0.2) is 0 Å². The van der Waals surface area contributed by atoms with Gasteiger partial charge in [-0.15, -0.1) is 0 Å². The van der Waals surface area contributed by atoms with Crippen molar-refractivity contribution in [1.82, 2.24) is 0 Å². The Labute approximate surface area is 167 Å². The van der Waals surface area contributed by atoms with E-state index in [4.69, 9.17) is 4.74 Å². The van der Waals surface area contributed by atoms with Crippen LogP contribution >= 0.6 is 0 Å². The molecule has 0 spiro atoms. The van der Waals surface area contributed by atoms with Crippen molar-refractivity contribution in [3.05, 3.63) is 66.2 Å². The summed E-state index contributed by atoms with van der Waals surface area (Å²) in [5.74, 6) is 0.875. The van der Waals surface area contributed by atoms with E-state index in [9.17, 15) is 4.79 Å². The highest BCUT2D eigenvalue weighted by Crippen LogP contribution is 2.14. The Bertz CT molecular complexity index is 751. The van der Waals surface area contributed by atoms with Crippen molar-refractivity contribution >= 4 is 17.7 Å². The van der Waals surface area contributed by atoms with Crippen LogP contribution in [0.2, 0.25) is 0 Å². The molecule has 1 amide bonds. The lowest BCUT2D eigenvalue weighted by molar-refractivity contribution is -1.01. The molecule has 2 aromatic carbocycles. The summed E-state index contributed by atoms with van der Waals surface area (Å²) in [4.78, 5) is 15.3. The molecular weight excluding hydrogens is 350 g/mol. The molecule has 1 heterocycles.